The summed E-state index contributed by atoms with van der Waals surface area (Å²) in [4.78, 5) is 12.1. The Balaban J connectivity index is 0.00000361. The molecule has 1 atom stereocenters. The van der Waals surface area contributed by atoms with Gasteiger partial charge in [0.25, 0.3) is 5.91 Å². The lowest BCUT2D eigenvalue weighted by Gasteiger charge is -2.33. The third kappa shape index (κ3) is 4.08. The van der Waals surface area contributed by atoms with E-state index in [1.165, 1.54) is 19.2 Å². The maximum atomic E-state index is 13.6. The van der Waals surface area contributed by atoms with Crippen LogP contribution in [0.25, 0.3) is 0 Å². The number of hydrogen-bond acceptors (Lipinski definition) is 3. The van der Waals surface area contributed by atoms with E-state index < -0.39 is 11.4 Å². The summed E-state index contributed by atoms with van der Waals surface area (Å²) in [6.45, 7) is 6.13. The summed E-state index contributed by atoms with van der Waals surface area (Å²) >= 11 is 0. The largest absolute Gasteiger partial charge is 0.494 e. The number of halogens is 2. The third-order valence-electron chi connectivity index (χ3n) is 3.51. The number of benzene rings is 1. The summed E-state index contributed by atoms with van der Waals surface area (Å²) in [5.74, 6) is -0.621. The van der Waals surface area contributed by atoms with Crippen molar-refractivity contribution in [3.63, 3.8) is 0 Å². The van der Waals surface area contributed by atoms with E-state index in [9.17, 15) is 9.18 Å². The summed E-state index contributed by atoms with van der Waals surface area (Å²) in [5.41, 5.74) is 5.43. The highest BCUT2D eigenvalue weighted by molar-refractivity contribution is 5.94. The summed E-state index contributed by atoms with van der Waals surface area (Å²) in [6, 6.07) is 4.11. The first-order chi connectivity index (χ1) is 8.84. The lowest BCUT2D eigenvalue weighted by Crippen LogP contribution is -2.55. The molecule has 0 saturated carbocycles. The van der Waals surface area contributed by atoms with Gasteiger partial charge in [-0.2, -0.15) is 0 Å². The molecule has 0 radical (unpaired) electrons. The van der Waals surface area contributed by atoms with Crippen molar-refractivity contribution in [2.24, 2.45) is 11.7 Å². The molecule has 1 aromatic carbocycles. The molecule has 20 heavy (non-hydrogen) atoms. The van der Waals surface area contributed by atoms with E-state index in [1.807, 2.05) is 20.8 Å². The van der Waals surface area contributed by atoms with Crippen LogP contribution in [0.4, 0.5) is 4.39 Å². The smallest absolute Gasteiger partial charge is 0.251 e. The minimum absolute atomic E-state index is 0. The molecule has 0 aliphatic carbocycles. The Morgan fingerprint density at radius 1 is 1.50 bits per heavy atom. The minimum Gasteiger partial charge on any atom is -0.494 e. The first kappa shape index (κ1) is 18.7. The van der Waals surface area contributed by atoms with Gasteiger partial charge in [0.15, 0.2) is 11.6 Å². The molecule has 114 valence electrons. The zero-order chi connectivity index (χ0) is 14.6. The molecule has 1 amide bonds. The fourth-order valence-electron chi connectivity index (χ4n) is 1.57. The van der Waals surface area contributed by atoms with Crippen LogP contribution in [0.1, 0.15) is 31.1 Å². The summed E-state index contributed by atoms with van der Waals surface area (Å²) in [5, 5.41) is 2.85. The van der Waals surface area contributed by atoms with Crippen LogP contribution in [0.5, 0.6) is 5.75 Å². The highest BCUT2D eigenvalue weighted by Crippen LogP contribution is 2.19. The van der Waals surface area contributed by atoms with Crippen molar-refractivity contribution in [1.29, 1.82) is 0 Å². The van der Waals surface area contributed by atoms with Gasteiger partial charge in [-0.05, 0) is 31.0 Å². The monoisotopic (exact) mass is 304 g/mol. The average Bonchev–Trinajstić information content (AvgIpc) is 2.38. The molecule has 0 aromatic heterocycles. The number of carbonyl (C=O) groups is 1. The minimum atomic E-state index is -0.561. The van der Waals surface area contributed by atoms with Gasteiger partial charge in [0.2, 0.25) is 0 Å². The number of nitrogens with one attached hydrogen (secondary N) is 1. The third-order valence-corrected chi connectivity index (χ3v) is 3.51. The molecule has 1 aromatic rings. The Morgan fingerprint density at radius 2 is 2.10 bits per heavy atom. The van der Waals surface area contributed by atoms with E-state index in [0.29, 0.717) is 6.54 Å². The van der Waals surface area contributed by atoms with E-state index in [4.69, 9.17) is 10.5 Å². The maximum absolute atomic E-state index is 13.6. The summed E-state index contributed by atoms with van der Waals surface area (Å²) in [6.07, 6.45) is 0. The van der Waals surface area contributed by atoms with Crippen LogP contribution >= 0.6 is 12.4 Å². The molecule has 0 bridgehead atoms. The van der Waals surface area contributed by atoms with Gasteiger partial charge in [0.05, 0.1) is 12.6 Å². The quantitative estimate of drug-likeness (QED) is 0.877. The number of nitrogens with two attached hydrogens (primary N) is 1. The molecule has 0 heterocycles. The van der Waals surface area contributed by atoms with Crippen molar-refractivity contribution >= 4 is 18.3 Å². The Labute approximate surface area is 125 Å². The van der Waals surface area contributed by atoms with Gasteiger partial charge in [-0.15, -0.1) is 12.4 Å². The van der Waals surface area contributed by atoms with Crippen molar-refractivity contribution in [2.75, 3.05) is 13.7 Å². The van der Waals surface area contributed by atoms with E-state index >= 15 is 0 Å². The van der Waals surface area contributed by atoms with E-state index in [1.54, 1.807) is 0 Å². The number of ether oxygens (including phenoxy) is 1. The first-order valence-electron chi connectivity index (χ1n) is 6.20. The van der Waals surface area contributed by atoms with E-state index in [2.05, 4.69) is 5.32 Å². The average molecular weight is 305 g/mol. The summed E-state index contributed by atoms with van der Waals surface area (Å²) < 4.78 is 18.4. The number of hydrogen-bond donors (Lipinski definition) is 2. The second-order valence-corrected chi connectivity index (χ2v) is 5.08. The number of carbonyl (C=O) groups excluding carboxylic acids is 1. The molecule has 0 aliphatic heterocycles. The number of rotatable bonds is 5. The Bertz CT molecular complexity index is 468. The second kappa shape index (κ2) is 7.45. The van der Waals surface area contributed by atoms with Crippen molar-refractivity contribution in [1.82, 2.24) is 5.32 Å². The molecule has 4 nitrogen and oxygen atoms in total. The lowest BCUT2D eigenvalue weighted by atomic mass is 9.88. The highest BCUT2D eigenvalue weighted by Gasteiger charge is 2.29. The summed E-state index contributed by atoms with van der Waals surface area (Å²) in [7, 11) is 1.38. The lowest BCUT2D eigenvalue weighted by molar-refractivity contribution is 0.0882. The Hall–Kier alpha value is -1.33. The molecular formula is C14H22ClFN2O2. The van der Waals surface area contributed by atoms with E-state index in [-0.39, 0.29) is 35.5 Å². The van der Waals surface area contributed by atoms with Crippen LogP contribution in [0, 0.1) is 11.7 Å². The molecule has 0 aliphatic rings. The highest BCUT2D eigenvalue weighted by atomic mass is 35.5. The van der Waals surface area contributed by atoms with Gasteiger partial charge in [-0.25, -0.2) is 4.39 Å². The topological polar surface area (TPSA) is 64.3 Å². The van der Waals surface area contributed by atoms with Gasteiger partial charge < -0.3 is 15.8 Å². The van der Waals surface area contributed by atoms with E-state index in [0.717, 1.165) is 6.07 Å². The molecule has 0 spiro atoms. The number of amides is 1. The van der Waals surface area contributed by atoms with Crippen LogP contribution in [-0.2, 0) is 0 Å². The van der Waals surface area contributed by atoms with Crippen molar-refractivity contribution < 1.29 is 13.9 Å². The molecule has 0 fully saturated rings. The van der Waals surface area contributed by atoms with Gasteiger partial charge in [0.1, 0.15) is 0 Å². The van der Waals surface area contributed by atoms with Crippen LogP contribution in [0.15, 0.2) is 18.2 Å². The zero-order valence-electron chi connectivity index (χ0n) is 12.2. The van der Waals surface area contributed by atoms with Crippen LogP contribution in [-0.4, -0.2) is 25.1 Å². The van der Waals surface area contributed by atoms with Crippen LogP contribution in [0.2, 0.25) is 0 Å². The second-order valence-electron chi connectivity index (χ2n) is 5.08. The predicted octanol–water partition coefficient (Wildman–Crippen LogP) is 2.36. The van der Waals surface area contributed by atoms with Gasteiger partial charge in [-0.1, -0.05) is 13.8 Å². The predicted molar refractivity (Wildman–Crippen MR) is 80.0 cm³/mol. The fourth-order valence-corrected chi connectivity index (χ4v) is 1.57. The van der Waals surface area contributed by atoms with Crippen molar-refractivity contribution in [3.05, 3.63) is 29.6 Å². The molecule has 6 heteroatoms. The molecular weight excluding hydrogens is 283 g/mol. The molecule has 0 saturated heterocycles. The van der Waals surface area contributed by atoms with Crippen molar-refractivity contribution in [2.45, 2.75) is 26.3 Å². The SMILES string of the molecule is COc1ccc(C(=O)NC(C)(CN)C(C)C)cc1F.Cl. The fraction of sp³-hybridized carbons (Fsp3) is 0.500. The zero-order valence-corrected chi connectivity index (χ0v) is 13.0. The van der Waals surface area contributed by atoms with Gasteiger partial charge >= 0.3 is 0 Å². The Kier molecular flexibility index (Phi) is 6.96. The maximum Gasteiger partial charge on any atom is 0.251 e. The van der Waals surface area contributed by atoms with Gasteiger partial charge in [0, 0.05) is 12.1 Å². The molecule has 1 rings (SSSR count). The van der Waals surface area contributed by atoms with Crippen LogP contribution in [0.3, 0.4) is 0 Å². The number of methoxy groups -OCH3 is 1. The normalized spacial score (nSPS) is 13.3. The van der Waals surface area contributed by atoms with Gasteiger partial charge in [-0.3, -0.25) is 4.79 Å². The molecule has 1 unspecified atom stereocenters. The van der Waals surface area contributed by atoms with Crippen LogP contribution < -0.4 is 15.8 Å². The Morgan fingerprint density at radius 3 is 2.50 bits per heavy atom. The van der Waals surface area contributed by atoms with Crippen molar-refractivity contribution in [3.8, 4) is 5.75 Å². The standard InChI is InChI=1S/C14H21FN2O2.ClH/c1-9(2)14(3,8-16)17-13(18)10-5-6-12(19-4)11(15)7-10;/h5-7,9H,8,16H2,1-4H3,(H,17,18);1H. The first-order valence-corrected chi connectivity index (χ1v) is 6.20. The molecule has 3 N–H and O–H groups in total.